The Labute approximate surface area is 132 Å². The zero-order valence-electron chi connectivity index (χ0n) is 11.5. The molecule has 0 aromatic carbocycles. The number of methoxy groups -OCH3 is 1. The van der Waals surface area contributed by atoms with Gasteiger partial charge in [-0.05, 0) is 12.1 Å². The molecule has 1 saturated heterocycles. The lowest BCUT2D eigenvalue weighted by molar-refractivity contribution is -0.142. The third-order valence-electron chi connectivity index (χ3n) is 3.25. The second kappa shape index (κ2) is 7.06. The predicted octanol–water partition coefficient (Wildman–Crippen LogP) is 1.32. The Balaban J connectivity index is 1.97. The minimum Gasteiger partial charge on any atom is -0.468 e. The Morgan fingerprint density at radius 1 is 1.24 bits per heavy atom. The van der Waals surface area contributed by atoms with Gasteiger partial charge in [-0.3, -0.25) is 14.5 Å². The largest absolute Gasteiger partial charge is 0.468 e. The highest BCUT2D eigenvalue weighted by Crippen LogP contribution is 2.19. The van der Waals surface area contributed by atoms with Crippen LogP contribution in [0, 0.1) is 0 Å². The van der Waals surface area contributed by atoms with Gasteiger partial charge in [0.15, 0.2) is 0 Å². The number of carbonyl (C=O) groups excluding carboxylic acids is 2. The van der Waals surface area contributed by atoms with Crippen molar-refractivity contribution in [3.63, 3.8) is 0 Å². The third-order valence-corrected chi connectivity index (χ3v) is 3.77. The predicted molar refractivity (Wildman–Crippen MR) is 78.6 cm³/mol. The van der Waals surface area contributed by atoms with Gasteiger partial charge in [0.1, 0.15) is 10.8 Å². The van der Waals surface area contributed by atoms with Crippen molar-refractivity contribution in [3.8, 4) is 0 Å². The number of pyridine rings is 1. The molecule has 0 atom stereocenters. The van der Waals surface area contributed by atoms with E-state index in [0.29, 0.717) is 26.2 Å². The van der Waals surface area contributed by atoms with E-state index in [2.05, 4.69) is 9.72 Å². The summed E-state index contributed by atoms with van der Waals surface area (Å²) in [6, 6.07) is 3.09. The third kappa shape index (κ3) is 4.06. The van der Waals surface area contributed by atoms with Gasteiger partial charge >= 0.3 is 5.97 Å². The molecular weight excluding hydrogens is 317 g/mol. The monoisotopic (exact) mass is 331 g/mol. The number of hydrogen-bond acceptors (Lipinski definition) is 5. The van der Waals surface area contributed by atoms with E-state index < -0.39 is 0 Å². The van der Waals surface area contributed by atoms with Gasteiger partial charge in [0.25, 0.3) is 5.91 Å². The molecule has 0 saturated carbocycles. The highest BCUT2D eigenvalue weighted by molar-refractivity contribution is 6.34. The number of ether oxygens (including phenoxy) is 1. The summed E-state index contributed by atoms with van der Waals surface area (Å²) >= 11 is 11.8. The van der Waals surface area contributed by atoms with Crippen molar-refractivity contribution in [2.24, 2.45) is 0 Å². The minimum atomic E-state index is -0.283. The maximum absolute atomic E-state index is 12.4. The second-order valence-corrected chi connectivity index (χ2v) is 5.40. The first-order valence-corrected chi connectivity index (χ1v) is 7.17. The molecule has 2 heterocycles. The Hall–Kier alpha value is -1.37. The molecule has 1 fully saturated rings. The van der Waals surface area contributed by atoms with Gasteiger partial charge in [-0.2, -0.15) is 0 Å². The van der Waals surface area contributed by atoms with Crippen LogP contribution in [0.15, 0.2) is 12.1 Å². The first kappa shape index (κ1) is 16.0. The van der Waals surface area contributed by atoms with Gasteiger partial charge in [0.2, 0.25) is 0 Å². The smallest absolute Gasteiger partial charge is 0.319 e. The fraction of sp³-hybridized carbons (Fsp3) is 0.462. The molecule has 0 bridgehead atoms. The SMILES string of the molecule is COC(=O)CN1CCN(C(=O)c2nc(Cl)ccc2Cl)CC1. The lowest BCUT2D eigenvalue weighted by atomic mass is 10.2. The Morgan fingerprint density at radius 3 is 2.52 bits per heavy atom. The summed E-state index contributed by atoms with van der Waals surface area (Å²) in [5, 5.41) is 0.508. The molecule has 0 aliphatic carbocycles. The topological polar surface area (TPSA) is 62.7 Å². The van der Waals surface area contributed by atoms with Gasteiger partial charge in [-0.1, -0.05) is 23.2 Å². The Kier molecular flexibility index (Phi) is 5.39. The molecule has 8 heteroatoms. The van der Waals surface area contributed by atoms with E-state index in [9.17, 15) is 9.59 Å². The summed E-state index contributed by atoms with van der Waals surface area (Å²) in [4.78, 5) is 31.1. The number of halogens is 2. The van der Waals surface area contributed by atoms with Crippen LogP contribution in [0.1, 0.15) is 10.5 Å². The van der Waals surface area contributed by atoms with E-state index >= 15 is 0 Å². The van der Waals surface area contributed by atoms with Crippen molar-refractivity contribution in [1.82, 2.24) is 14.8 Å². The van der Waals surface area contributed by atoms with E-state index in [1.54, 1.807) is 11.0 Å². The van der Waals surface area contributed by atoms with Crippen LogP contribution in [0.25, 0.3) is 0 Å². The maximum atomic E-state index is 12.4. The van der Waals surface area contributed by atoms with Crippen LogP contribution >= 0.6 is 23.2 Å². The lowest BCUT2D eigenvalue weighted by Gasteiger charge is -2.33. The fourth-order valence-electron chi connectivity index (χ4n) is 2.07. The molecule has 6 nitrogen and oxygen atoms in total. The Morgan fingerprint density at radius 2 is 1.90 bits per heavy atom. The van der Waals surface area contributed by atoms with Crippen LogP contribution in [0.5, 0.6) is 0 Å². The molecule has 0 spiro atoms. The first-order valence-electron chi connectivity index (χ1n) is 6.41. The molecule has 1 aromatic heterocycles. The molecular formula is C13H15Cl2N3O3. The first-order chi connectivity index (χ1) is 10.0. The highest BCUT2D eigenvalue weighted by atomic mass is 35.5. The van der Waals surface area contributed by atoms with E-state index in [0.717, 1.165) is 0 Å². The molecule has 21 heavy (non-hydrogen) atoms. The molecule has 0 radical (unpaired) electrons. The number of amides is 1. The van der Waals surface area contributed by atoms with E-state index in [1.165, 1.54) is 13.2 Å². The zero-order chi connectivity index (χ0) is 15.4. The van der Waals surface area contributed by atoms with Crippen molar-refractivity contribution >= 4 is 35.1 Å². The van der Waals surface area contributed by atoms with E-state index in [-0.39, 0.29) is 34.3 Å². The molecule has 1 aliphatic rings. The van der Waals surface area contributed by atoms with Crippen molar-refractivity contribution < 1.29 is 14.3 Å². The molecule has 1 aromatic rings. The fourth-order valence-corrected chi connectivity index (χ4v) is 2.41. The number of esters is 1. The zero-order valence-corrected chi connectivity index (χ0v) is 13.0. The van der Waals surface area contributed by atoms with Crippen molar-refractivity contribution in [3.05, 3.63) is 28.0 Å². The Bertz CT molecular complexity index is 545. The molecule has 0 N–H and O–H groups in total. The molecule has 2 rings (SSSR count). The summed E-state index contributed by atoms with van der Waals surface area (Å²) < 4.78 is 4.62. The van der Waals surface area contributed by atoms with Gasteiger partial charge in [0.05, 0.1) is 18.7 Å². The highest BCUT2D eigenvalue weighted by Gasteiger charge is 2.25. The van der Waals surface area contributed by atoms with Crippen molar-refractivity contribution in [2.45, 2.75) is 0 Å². The normalized spacial score (nSPS) is 15.9. The quantitative estimate of drug-likeness (QED) is 0.617. The number of carbonyl (C=O) groups is 2. The maximum Gasteiger partial charge on any atom is 0.319 e. The molecule has 1 aliphatic heterocycles. The van der Waals surface area contributed by atoms with Gasteiger partial charge in [-0.15, -0.1) is 0 Å². The van der Waals surface area contributed by atoms with E-state index in [1.807, 2.05) is 4.90 Å². The molecule has 0 unspecified atom stereocenters. The summed E-state index contributed by atoms with van der Waals surface area (Å²) in [5.74, 6) is -0.533. The van der Waals surface area contributed by atoms with Gasteiger partial charge in [-0.25, -0.2) is 4.98 Å². The van der Waals surface area contributed by atoms with Gasteiger partial charge < -0.3 is 9.64 Å². The summed E-state index contributed by atoms with van der Waals surface area (Å²) in [7, 11) is 1.36. The molecule has 114 valence electrons. The van der Waals surface area contributed by atoms with Crippen molar-refractivity contribution in [2.75, 3.05) is 39.8 Å². The van der Waals surface area contributed by atoms with Gasteiger partial charge in [0, 0.05) is 26.2 Å². The van der Waals surface area contributed by atoms with Crippen LogP contribution in [-0.2, 0) is 9.53 Å². The van der Waals surface area contributed by atoms with Crippen molar-refractivity contribution in [1.29, 1.82) is 0 Å². The average molecular weight is 332 g/mol. The summed E-state index contributed by atoms with van der Waals surface area (Å²) in [6.45, 7) is 2.42. The van der Waals surface area contributed by atoms with Crippen LogP contribution in [0.4, 0.5) is 0 Å². The standard InChI is InChI=1S/C13H15Cl2N3O3/c1-21-11(19)8-17-4-6-18(7-5-17)13(20)12-9(14)2-3-10(15)16-12/h2-3H,4-8H2,1H3. The summed E-state index contributed by atoms with van der Waals surface area (Å²) in [5.41, 5.74) is 0.158. The minimum absolute atomic E-state index is 0.158. The number of piperazine rings is 1. The number of hydrogen-bond donors (Lipinski definition) is 0. The van der Waals surface area contributed by atoms with Crippen LogP contribution in [0.3, 0.4) is 0 Å². The number of nitrogens with zero attached hydrogens (tertiary/aromatic N) is 3. The number of aromatic nitrogens is 1. The van der Waals surface area contributed by atoms with E-state index in [4.69, 9.17) is 23.2 Å². The second-order valence-electron chi connectivity index (χ2n) is 4.61. The average Bonchev–Trinajstić information content (AvgIpc) is 2.49. The lowest BCUT2D eigenvalue weighted by Crippen LogP contribution is -2.50. The van der Waals surface area contributed by atoms with Crippen LogP contribution in [0.2, 0.25) is 10.2 Å². The van der Waals surface area contributed by atoms with Crippen LogP contribution in [-0.4, -0.2) is 66.5 Å². The number of rotatable bonds is 3. The molecule has 1 amide bonds. The van der Waals surface area contributed by atoms with Crippen LogP contribution < -0.4 is 0 Å². The summed E-state index contributed by atoms with van der Waals surface area (Å²) in [6.07, 6.45) is 0.